The molecule has 2 amide bonds. The summed E-state index contributed by atoms with van der Waals surface area (Å²) in [5, 5.41) is 10.1. The Labute approximate surface area is 214 Å². The third-order valence-electron chi connectivity index (χ3n) is 7.47. The molecular formula is C26H33BrN2O6. The molecule has 3 fully saturated rings. The first-order valence-electron chi connectivity index (χ1n) is 12.2. The highest BCUT2D eigenvalue weighted by Gasteiger charge is 2.77. The van der Waals surface area contributed by atoms with Crippen LogP contribution < -0.4 is 0 Å². The van der Waals surface area contributed by atoms with E-state index < -0.39 is 41.6 Å². The second kappa shape index (κ2) is 10.4. The highest BCUT2D eigenvalue weighted by atomic mass is 79.9. The number of carbonyl (C=O) groups is 3. The maximum atomic E-state index is 14.3. The van der Waals surface area contributed by atoms with Gasteiger partial charge in [0.1, 0.15) is 11.6 Å². The summed E-state index contributed by atoms with van der Waals surface area (Å²) in [7, 11) is 0. The first-order chi connectivity index (χ1) is 16.8. The molecule has 7 atom stereocenters. The molecule has 3 aliphatic rings. The van der Waals surface area contributed by atoms with E-state index in [0.717, 1.165) is 5.56 Å². The number of aliphatic hydroxyl groups excluding tert-OH is 1. The van der Waals surface area contributed by atoms with Gasteiger partial charge in [0.25, 0.3) is 0 Å². The second-order valence-electron chi connectivity index (χ2n) is 9.40. The van der Waals surface area contributed by atoms with E-state index in [4.69, 9.17) is 9.47 Å². The van der Waals surface area contributed by atoms with Crippen LogP contribution in [0.3, 0.4) is 0 Å². The number of halogens is 1. The zero-order valence-electron chi connectivity index (χ0n) is 20.1. The number of esters is 1. The third-order valence-corrected chi connectivity index (χ3v) is 8.32. The van der Waals surface area contributed by atoms with E-state index in [1.165, 1.54) is 4.90 Å². The van der Waals surface area contributed by atoms with Crippen molar-refractivity contribution >= 4 is 33.7 Å². The highest BCUT2D eigenvalue weighted by molar-refractivity contribution is 9.09. The Hall–Kier alpha value is -2.23. The number of carbonyl (C=O) groups excluding carboxylic acids is 3. The lowest BCUT2D eigenvalue weighted by Gasteiger charge is -2.39. The van der Waals surface area contributed by atoms with Crippen molar-refractivity contribution in [1.29, 1.82) is 0 Å². The summed E-state index contributed by atoms with van der Waals surface area (Å²) in [4.78, 5) is 44.1. The summed E-state index contributed by atoms with van der Waals surface area (Å²) in [6.45, 7) is 7.92. The van der Waals surface area contributed by atoms with Gasteiger partial charge in [-0.3, -0.25) is 14.4 Å². The molecule has 3 unspecified atom stereocenters. The summed E-state index contributed by atoms with van der Waals surface area (Å²) in [5.74, 6) is -2.74. The van der Waals surface area contributed by atoms with Crippen molar-refractivity contribution < 1.29 is 29.0 Å². The number of hydrogen-bond acceptors (Lipinski definition) is 6. The van der Waals surface area contributed by atoms with Crippen molar-refractivity contribution in [1.82, 2.24) is 9.80 Å². The lowest BCUT2D eigenvalue weighted by molar-refractivity contribution is -0.156. The molecule has 0 aliphatic carbocycles. The van der Waals surface area contributed by atoms with Crippen LogP contribution in [0.4, 0.5) is 0 Å². The van der Waals surface area contributed by atoms with Gasteiger partial charge in [-0.2, -0.15) is 0 Å². The highest BCUT2D eigenvalue weighted by Crippen LogP contribution is 2.60. The van der Waals surface area contributed by atoms with Crippen molar-refractivity contribution in [3.05, 3.63) is 48.6 Å². The Kier molecular flexibility index (Phi) is 7.68. The van der Waals surface area contributed by atoms with Gasteiger partial charge >= 0.3 is 5.97 Å². The smallest absolute Gasteiger partial charge is 0.312 e. The van der Waals surface area contributed by atoms with Crippen LogP contribution in [-0.2, 0) is 30.4 Å². The molecular weight excluding hydrogens is 516 g/mol. The summed E-state index contributed by atoms with van der Waals surface area (Å²) in [5.41, 5.74) is -0.232. The monoisotopic (exact) mass is 548 g/mol. The molecule has 3 heterocycles. The Bertz CT molecular complexity index is 970. The predicted octanol–water partition coefficient (Wildman–Crippen LogP) is 2.28. The van der Waals surface area contributed by atoms with Crippen LogP contribution in [-0.4, -0.2) is 81.1 Å². The largest absolute Gasteiger partial charge is 0.466 e. The van der Waals surface area contributed by atoms with E-state index in [9.17, 15) is 19.5 Å². The quantitative estimate of drug-likeness (QED) is 0.274. The van der Waals surface area contributed by atoms with Crippen LogP contribution >= 0.6 is 15.9 Å². The van der Waals surface area contributed by atoms with Crippen LogP contribution in [0.25, 0.3) is 0 Å². The molecule has 3 saturated heterocycles. The van der Waals surface area contributed by atoms with E-state index in [0.29, 0.717) is 19.4 Å². The van der Waals surface area contributed by atoms with Crippen LogP contribution in [0.5, 0.6) is 0 Å². The molecule has 1 spiro atoms. The summed E-state index contributed by atoms with van der Waals surface area (Å²) < 4.78 is 11.8. The standard InChI is InChI=1S/C26H33BrN2O6/c1-4-12-28(14-16-10-8-7-9-11-16)24(32)22-26-13-18(27)21(35-26)19(25(33)34-6-3)20(26)23(31)29(22)17(5-2)15-30/h4,7-11,17-22,30H,1,5-6,12-15H2,2-3H3/t17-,18?,19-,20-,21-,22?,26?/m0/s1. The maximum Gasteiger partial charge on any atom is 0.312 e. The lowest BCUT2D eigenvalue weighted by atomic mass is 9.70. The number of aliphatic hydroxyl groups is 1. The minimum atomic E-state index is -1.18. The predicted molar refractivity (Wildman–Crippen MR) is 132 cm³/mol. The number of likely N-dealkylation sites (tertiary alicyclic amines) is 1. The molecule has 35 heavy (non-hydrogen) atoms. The molecule has 1 aromatic rings. The number of rotatable bonds is 10. The average Bonchev–Trinajstić information content (AvgIpc) is 3.44. The van der Waals surface area contributed by atoms with Gasteiger partial charge in [-0.25, -0.2) is 0 Å². The molecule has 0 radical (unpaired) electrons. The Morgan fingerprint density at radius 2 is 2.09 bits per heavy atom. The van der Waals surface area contributed by atoms with E-state index in [1.807, 2.05) is 37.3 Å². The van der Waals surface area contributed by atoms with E-state index >= 15 is 0 Å². The first kappa shape index (κ1) is 25.9. The van der Waals surface area contributed by atoms with Crippen LogP contribution in [0.2, 0.25) is 0 Å². The third kappa shape index (κ3) is 4.21. The van der Waals surface area contributed by atoms with Crippen molar-refractivity contribution in [2.24, 2.45) is 11.8 Å². The van der Waals surface area contributed by atoms with Gasteiger partial charge in [0.2, 0.25) is 11.8 Å². The molecule has 2 bridgehead atoms. The number of ether oxygens (including phenoxy) is 2. The fourth-order valence-corrected chi connectivity index (χ4v) is 6.97. The number of hydrogen-bond donors (Lipinski definition) is 1. The molecule has 4 rings (SSSR count). The fraction of sp³-hybridized carbons (Fsp3) is 0.577. The van der Waals surface area contributed by atoms with Crippen LogP contribution in [0.15, 0.2) is 43.0 Å². The van der Waals surface area contributed by atoms with E-state index in [-0.39, 0.29) is 36.4 Å². The SMILES string of the molecule is C=CCN(Cc1ccccc1)C(=O)C1N([C@@H](CC)CO)C(=O)[C@@H]2[C@H](C(=O)OCC)[C@H]3OC12CC3Br. The molecule has 9 heteroatoms. The number of alkyl halides is 1. The number of amides is 2. The molecule has 0 aromatic heterocycles. The first-order valence-corrected chi connectivity index (χ1v) is 13.1. The number of benzene rings is 1. The van der Waals surface area contributed by atoms with Gasteiger partial charge in [0, 0.05) is 17.9 Å². The summed E-state index contributed by atoms with van der Waals surface area (Å²) in [6.07, 6.45) is 1.96. The van der Waals surface area contributed by atoms with Crippen LogP contribution in [0.1, 0.15) is 32.3 Å². The van der Waals surface area contributed by atoms with E-state index in [2.05, 4.69) is 22.5 Å². The van der Waals surface area contributed by atoms with Crippen molar-refractivity contribution in [3.8, 4) is 0 Å². The van der Waals surface area contributed by atoms with Gasteiger partial charge in [0.15, 0.2) is 0 Å². The summed E-state index contributed by atoms with van der Waals surface area (Å²) in [6, 6.07) is 8.07. The van der Waals surface area contributed by atoms with Crippen molar-refractivity contribution in [2.75, 3.05) is 19.8 Å². The molecule has 0 saturated carbocycles. The zero-order chi connectivity index (χ0) is 25.3. The Morgan fingerprint density at radius 1 is 1.37 bits per heavy atom. The molecule has 1 N–H and O–H groups in total. The lowest BCUT2D eigenvalue weighted by Crippen LogP contribution is -2.58. The minimum absolute atomic E-state index is 0.188. The molecule has 8 nitrogen and oxygen atoms in total. The summed E-state index contributed by atoms with van der Waals surface area (Å²) >= 11 is 3.64. The van der Waals surface area contributed by atoms with Gasteiger partial charge in [0.05, 0.1) is 37.2 Å². The Balaban J connectivity index is 1.78. The topological polar surface area (TPSA) is 96.4 Å². The van der Waals surface area contributed by atoms with Gasteiger partial charge in [-0.05, 0) is 25.3 Å². The average molecular weight is 549 g/mol. The van der Waals surface area contributed by atoms with Crippen molar-refractivity contribution in [2.45, 2.75) is 61.8 Å². The normalized spacial score (nSPS) is 31.8. The zero-order valence-corrected chi connectivity index (χ0v) is 21.7. The Morgan fingerprint density at radius 3 is 2.69 bits per heavy atom. The molecule has 3 aliphatic heterocycles. The minimum Gasteiger partial charge on any atom is -0.466 e. The van der Waals surface area contributed by atoms with E-state index in [1.54, 1.807) is 17.9 Å². The van der Waals surface area contributed by atoms with Gasteiger partial charge < -0.3 is 24.4 Å². The molecule has 190 valence electrons. The maximum absolute atomic E-state index is 14.3. The number of nitrogens with zero attached hydrogens (tertiary/aromatic N) is 2. The second-order valence-corrected chi connectivity index (χ2v) is 10.6. The van der Waals surface area contributed by atoms with Crippen molar-refractivity contribution in [3.63, 3.8) is 0 Å². The fourth-order valence-electron chi connectivity index (χ4n) is 6.03. The molecule has 1 aromatic carbocycles. The number of fused-ring (bicyclic) bond motifs is 1. The van der Waals surface area contributed by atoms with Gasteiger partial charge in [-0.1, -0.05) is 59.3 Å². The van der Waals surface area contributed by atoms with Gasteiger partial charge in [-0.15, -0.1) is 6.58 Å². The van der Waals surface area contributed by atoms with Crippen LogP contribution in [0, 0.1) is 11.8 Å².